The molecule has 1 amide bonds. The highest BCUT2D eigenvalue weighted by Crippen LogP contribution is 2.29. The van der Waals surface area contributed by atoms with E-state index in [9.17, 15) is 4.79 Å². The number of carbonyl (C=O) groups excluding carboxylic acids is 1. The number of benzene rings is 1. The molecular weight excluding hydrogens is 308 g/mol. The number of ether oxygens (including phenoxy) is 1. The van der Waals surface area contributed by atoms with Crippen LogP contribution in [0.3, 0.4) is 0 Å². The first kappa shape index (κ1) is 15.9. The molecule has 1 N–H and O–H groups in total. The summed E-state index contributed by atoms with van der Waals surface area (Å²) in [5.41, 5.74) is 0.968. The van der Waals surface area contributed by atoms with E-state index in [0.29, 0.717) is 17.6 Å². The van der Waals surface area contributed by atoms with Gasteiger partial charge in [-0.2, -0.15) is 0 Å². The minimum absolute atomic E-state index is 0.0706. The number of aliphatic imine (C=N–C) groups is 1. The monoisotopic (exact) mass is 328 g/mol. The zero-order valence-corrected chi connectivity index (χ0v) is 13.8. The number of nitrogens with one attached hydrogen (secondary N) is 1. The van der Waals surface area contributed by atoms with Crippen molar-refractivity contribution >= 4 is 28.9 Å². The Morgan fingerprint density at radius 3 is 2.74 bits per heavy atom. The van der Waals surface area contributed by atoms with Gasteiger partial charge in [0.05, 0.1) is 10.9 Å². The summed E-state index contributed by atoms with van der Waals surface area (Å²) in [6, 6.07) is 8.02. The van der Waals surface area contributed by atoms with E-state index in [1.165, 1.54) is 24.6 Å². The number of amidine groups is 1. The Bertz CT molecular complexity index is 643. The van der Waals surface area contributed by atoms with E-state index >= 15 is 0 Å². The zero-order valence-electron chi connectivity index (χ0n) is 13.0. The first-order valence-electron chi connectivity index (χ1n) is 7.87. The topological polar surface area (TPSA) is 50.7 Å². The molecule has 0 aromatic heterocycles. The number of nitrogens with zero attached hydrogens (tertiary/aromatic N) is 1. The Balaban J connectivity index is 1.67. The van der Waals surface area contributed by atoms with Crippen LogP contribution >= 0.6 is 11.8 Å². The van der Waals surface area contributed by atoms with Crippen LogP contribution in [0.5, 0.6) is 5.75 Å². The summed E-state index contributed by atoms with van der Waals surface area (Å²) in [5.74, 6) is 0.720. The molecule has 0 bridgehead atoms. The molecule has 1 saturated heterocycles. The second-order valence-electron chi connectivity index (χ2n) is 5.61. The van der Waals surface area contributed by atoms with Crippen LogP contribution in [0.4, 0.5) is 0 Å². The number of rotatable bonds is 5. The number of thioether (sulfide) groups is 1. The summed E-state index contributed by atoms with van der Waals surface area (Å²) < 4.78 is 5.45. The van der Waals surface area contributed by atoms with E-state index < -0.39 is 0 Å². The Hall–Kier alpha value is -2.01. The highest BCUT2D eigenvalue weighted by molar-refractivity contribution is 8.18. The molecule has 1 heterocycles. The quantitative estimate of drug-likeness (QED) is 0.661. The number of amides is 1. The molecule has 4 nitrogen and oxygen atoms in total. The molecule has 1 aromatic carbocycles. The van der Waals surface area contributed by atoms with Gasteiger partial charge >= 0.3 is 0 Å². The molecule has 2 fully saturated rings. The lowest BCUT2D eigenvalue weighted by Gasteiger charge is -2.03. The van der Waals surface area contributed by atoms with Crippen molar-refractivity contribution < 1.29 is 9.53 Å². The summed E-state index contributed by atoms with van der Waals surface area (Å²) in [7, 11) is 0. The fraction of sp³-hybridized carbons (Fsp3) is 0.333. The van der Waals surface area contributed by atoms with Crippen molar-refractivity contribution in [2.75, 3.05) is 6.61 Å². The van der Waals surface area contributed by atoms with Gasteiger partial charge in [-0.1, -0.05) is 37.6 Å². The van der Waals surface area contributed by atoms with Crippen molar-refractivity contribution in [1.29, 1.82) is 0 Å². The van der Waals surface area contributed by atoms with Gasteiger partial charge in [0.15, 0.2) is 5.17 Å². The van der Waals surface area contributed by atoms with Crippen LogP contribution in [-0.2, 0) is 4.79 Å². The Kier molecular flexibility index (Phi) is 5.18. The SMILES string of the molecule is C=CCOc1ccc(/C=C2/SC(=NC3CCCC3)NC2=O)cc1. The third-order valence-corrected chi connectivity index (χ3v) is 4.75. The lowest BCUT2D eigenvalue weighted by molar-refractivity contribution is -0.115. The van der Waals surface area contributed by atoms with Gasteiger partial charge in [-0.15, -0.1) is 0 Å². The summed E-state index contributed by atoms with van der Waals surface area (Å²) in [6.45, 7) is 4.11. The van der Waals surface area contributed by atoms with Crippen LogP contribution in [0.25, 0.3) is 6.08 Å². The molecule has 0 atom stereocenters. The number of carbonyl (C=O) groups is 1. The lowest BCUT2D eigenvalue weighted by Crippen LogP contribution is -2.21. The molecule has 5 heteroatoms. The number of hydrogen-bond donors (Lipinski definition) is 1. The van der Waals surface area contributed by atoms with Gasteiger partial charge < -0.3 is 10.1 Å². The van der Waals surface area contributed by atoms with Crippen molar-refractivity contribution in [2.45, 2.75) is 31.7 Å². The van der Waals surface area contributed by atoms with E-state index in [2.05, 4.69) is 16.9 Å². The predicted molar refractivity (Wildman–Crippen MR) is 95.5 cm³/mol. The van der Waals surface area contributed by atoms with E-state index in [1.807, 2.05) is 30.3 Å². The molecule has 1 aliphatic heterocycles. The maximum Gasteiger partial charge on any atom is 0.264 e. The van der Waals surface area contributed by atoms with Crippen LogP contribution in [0.1, 0.15) is 31.2 Å². The molecule has 1 aromatic rings. The van der Waals surface area contributed by atoms with Gasteiger partial charge in [-0.25, -0.2) is 0 Å². The summed E-state index contributed by atoms with van der Waals surface area (Å²) >= 11 is 1.42. The smallest absolute Gasteiger partial charge is 0.264 e. The fourth-order valence-electron chi connectivity index (χ4n) is 2.65. The maximum absolute atomic E-state index is 12.1. The summed E-state index contributed by atoms with van der Waals surface area (Å²) in [6.07, 6.45) is 8.33. The van der Waals surface area contributed by atoms with Crippen LogP contribution < -0.4 is 10.1 Å². The average Bonchev–Trinajstić information content (AvgIpc) is 3.17. The molecule has 1 saturated carbocycles. The minimum atomic E-state index is -0.0706. The third-order valence-electron chi connectivity index (χ3n) is 3.82. The molecular formula is C18H20N2O2S. The van der Waals surface area contributed by atoms with E-state index in [1.54, 1.807) is 6.08 Å². The second kappa shape index (κ2) is 7.51. The first-order valence-corrected chi connectivity index (χ1v) is 8.69. The standard InChI is InChI=1S/C18H20N2O2S/c1-2-11-22-15-9-7-13(8-10-15)12-16-17(21)20-18(23-16)19-14-5-3-4-6-14/h2,7-10,12,14H,1,3-6,11H2,(H,19,20,21)/b16-12+. The molecule has 0 radical (unpaired) electrons. The molecule has 2 aliphatic rings. The highest BCUT2D eigenvalue weighted by atomic mass is 32.2. The first-order chi connectivity index (χ1) is 11.2. The van der Waals surface area contributed by atoms with Crippen molar-refractivity contribution in [3.63, 3.8) is 0 Å². The van der Waals surface area contributed by atoms with Gasteiger partial charge in [0, 0.05) is 0 Å². The van der Waals surface area contributed by atoms with Crippen molar-refractivity contribution in [1.82, 2.24) is 5.32 Å². The Labute approximate surface area is 140 Å². The van der Waals surface area contributed by atoms with Crippen molar-refractivity contribution in [3.8, 4) is 5.75 Å². The van der Waals surface area contributed by atoms with Crippen LogP contribution in [0.15, 0.2) is 46.8 Å². The molecule has 23 heavy (non-hydrogen) atoms. The number of hydrogen-bond acceptors (Lipinski definition) is 4. The Morgan fingerprint density at radius 1 is 1.30 bits per heavy atom. The van der Waals surface area contributed by atoms with Gasteiger partial charge in [0.25, 0.3) is 5.91 Å². The van der Waals surface area contributed by atoms with Gasteiger partial charge in [-0.3, -0.25) is 9.79 Å². The molecule has 0 unspecified atom stereocenters. The summed E-state index contributed by atoms with van der Waals surface area (Å²) in [4.78, 5) is 17.4. The van der Waals surface area contributed by atoms with Gasteiger partial charge in [0.1, 0.15) is 12.4 Å². The van der Waals surface area contributed by atoms with Gasteiger partial charge in [-0.05, 0) is 48.4 Å². The van der Waals surface area contributed by atoms with Crippen LogP contribution in [0.2, 0.25) is 0 Å². The normalized spacial score (nSPS) is 21.8. The van der Waals surface area contributed by atoms with E-state index in [-0.39, 0.29) is 5.91 Å². The van der Waals surface area contributed by atoms with E-state index in [4.69, 9.17) is 4.74 Å². The van der Waals surface area contributed by atoms with Crippen LogP contribution in [-0.4, -0.2) is 23.7 Å². The molecule has 3 rings (SSSR count). The van der Waals surface area contributed by atoms with Crippen molar-refractivity contribution in [3.05, 3.63) is 47.4 Å². The lowest BCUT2D eigenvalue weighted by atomic mass is 10.2. The predicted octanol–water partition coefficient (Wildman–Crippen LogP) is 3.75. The minimum Gasteiger partial charge on any atom is -0.490 e. The Morgan fingerprint density at radius 2 is 2.04 bits per heavy atom. The van der Waals surface area contributed by atoms with Gasteiger partial charge in [0.2, 0.25) is 0 Å². The third kappa shape index (κ3) is 4.26. The van der Waals surface area contributed by atoms with Crippen LogP contribution in [0, 0.1) is 0 Å². The highest BCUT2D eigenvalue weighted by Gasteiger charge is 2.25. The molecule has 120 valence electrons. The molecule has 1 aliphatic carbocycles. The average molecular weight is 328 g/mol. The zero-order chi connectivity index (χ0) is 16.1. The molecule has 0 spiro atoms. The summed E-state index contributed by atoms with van der Waals surface area (Å²) in [5, 5.41) is 3.60. The fourth-order valence-corrected chi connectivity index (χ4v) is 3.55. The van der Waals surface area contributed by atoms with Crippen molar-refractivity contribution in [2.24, 2.45) is 4.99 Å². The maximum atomic E-state index is 12.1. The second-order valence-corrected chi connectivity index (χ2v) is 6.64. The largest absolute Gasteiger partial charge is 0.490 e. The van der Waals surface area contributed by atoms with E-state index in [0.717, 1.165) is 29.3 Å².